The van der Waals surface area contributed by atoms with Gasteiger partial charge in [-0.15, -0.1) is 0 Å². The van der Waals surface area contributed by atoms with Gasteiger partial charge in [-0.3, -0.25) is 0 Å². The van der Waals surface area contributed by atoms with Gasteiger partial charge < -0.3 is 10.0 Å². The van der Waals surface area contributed by atoms with Gasteiger partial charge in [0.25, 0.3) is 0 Å². The quantitative estimate of drug-likeness (QED) is 0.831. The van der Waals surface area contributed by atoms with Crippen LogP contribution in [0.2, 0.25) is 0 Å². The first-order chi connectivity index (χ1) is 7.59. The zero-order chi connectivity index (χ0) is 11.7. The van der Waals surface area contributed by atoms with Crippen LogP contribution in [0.15, 0.2) is 18.2 Å². The van der Waals surface area contributed by atoms with Gasteiger partial charge in [-0.25, -0.2) is 4.79 Å². The van der Waals surface area contributed by atoms with Crippen LogP contribution in [0.5, 0.6) is 0 Å². The van der Waals surface area contributed by atoms with Gasteiger partial charge >= 0.3 is 5.97 Å². The summed E-state index contributed by atoms with van der Waals surface area (Å²) in [6.45, 7) is 5.40. The van der Waals surface area contributed by atoms with Crippen LogP contribution in [0.25, 0.3) is 0 Å². The van der Waals surface area contributed by atoms with Gasteiger partial charge in [0.05, 0.1) is 5.56 Å². The third-order valence-electron chi connectivity index (χ3n) is 3.10. The molecule has 1 aromatic rings. The molecule has 1 N–H and O–H groups in total. The second-order valence-electron chi connectivity index (χ2n) is 4.54. The van der Waals surface area contributed by atoms with Crippen LogP contribution >= 0.6 is 0 Å². The standard InChI is InChI=1S/C13H17NO2/c1-9(2)14-7-3-4-10-8-11(13(15)16)5-6-12(10)14/h5-6,8-9H,3-4,7H2,1-2H3,(H,15,16). The fraction of sp³-hybridized carbons (Fsp3) is 0.462. The van der Waals surface area contributed by atoms with Gasteiger partial charge in [0.1, 0.15) is 0 Å². The lowest BCUT2D eigenvalue weighted by Crippen LogP contribution is -2.35. The lowest BCUT2D eigenvalue weighted by molar-refractivity contribution is 0.0697. The lowest BCUT2D eigenvalue weighted by Gasteiger charge is -2.34. The van der Waals surface area contributed by atoms with Crippen molar-refractivity contribution in [2.45, 2.75) is 32.7 Å². The monoisotopic (exact) mass is 219 g/mol. The van der Waals surface area contributed by atoms with Gasteiger partial charge in [-0.05, 0) is 50.5 Å². The van der Waals surface area contributed by atoms with E-state index in [4.69, 9.17) is 5.11 Å². The summed E-state index contributed by atoms with van der Waals surface area (Å²) in [5.41, 5.74) is 2.76. The number of hydrogen-bond donors (Lipinski definition) is 1. The number of carboxylic acids is 1. The molecule has 0 unspecified atom stereocenters. The summed E-state index contributed by atoms with van der Waals surface area (Å²) < 4.78 is 0. The number of anilines is 1. The fourth-order valence-corrected chi connectivity index (χ4v) is 2.30. The van der Waals surface area contributed by atoms with E-state index >= 15 is 0 Å². The Morgan fingerprint density at radius 1 is 1.44 bits per heavy atom. The first-order valence-electron chi connectivity index (χ1n) is 5.72. The third-order valence-corrected chi connectivity index (χ3v) is 3.10. The van der Waals surface area contributed by atoms with Crippen LogP contribution in [-0.4, -0.2) is 23.7 Å². The van der Waals surface area contributed by atoms with Gasteiger partial charge in [0, 0.05) is 18.3 Å². The number of aromatic carboxylic acids is 1. The van der Waals surface area contributed by atoms with E-state index in [-0.39, 0.29) is 0 Å². The molecule has 3 nitrogen and oxygen atoms in total. The molecular weight excluding hydrogens is 202 g/mol. The minimum atomic E-state index is -0.843. The molecule has 0 bridgehead atoms. The third kappa shape index (κ3) is 1.90. The van der Waals surface area contributed by atoms with E-state index in [1.54, 1.807) is 6.07 Å². The maximum Gasteiger partial charge on any atom is 0.335 e. The normalized spacial score (nSPS) is 15.1. The number of carbonyl (C=O) groups is 1. The van der Waals surface area contributed by atoms with Crippen LogP contribution in [0.4, 0.5) is 5.69 Å². The zero-order valence-electron chi connectivity index (χ0n) is 9.73. The molecule has 2 rings (SSSR count). The minimum Gasteiger partial charge on any atom is -0.478 e. The van der Waals surface area contributed by atoms with Crippen LogP contribution in [0.3, 0.4) is 0 Å². The first kappa shape index (κ1) is 11.0. The van der Waals surface area contributed by atoms with Crippen molar-refractivity contribution in [3.8, 4) is 0 Å². The molecule has 0 saturated heterocycles. The van der Waals surface area contributed by atoms with E-state index in [2.05, 4.69) is 18.7 Å². The highest BCUT2D eigenvalue weighted by Crippen LogP contribution is 2.29. The van der Waals surface area contributed by atoms with E-state index in [1.807, 2.05) is 12.1 Å². The van der Waals surface area contributed by atoms with Crippen molar-refractivity contribution < 1.29 is 9.90 Å². The molecule has 1 aliphatic rings. The van der Waals surface area contributed by atoms with Crippen molar-refractivity contribution in [3.63, 3.8) is 0 Å². The van der Waals surface area contributed by atoms with E-state index in [9.17, 15) is 4.79 Å². The van der Waals surface area contributed by atoms with Crippen LogP contribution in [-0.2, 0) is 6.42 Å². The molecule has 3 heteroatoms. The number of fused-ring (bicyclic) bond motifs is 1. The summed E-state index contributed by atoms with van der Waals surface area (Å²) in [6, 6.07) is 5.92. The van der Waals surface area contributed by atoms with Gasteiger partial charge in [0.15, 0.2) is 0 Å². The number of aryl methyl sites for hydroxylation is 1. The number of rotatable bonds is 2. The summed E-state index contributed by atoms with van der Waals surface area (Å²) in [4.78, 5) is 13.2. The van der Waals surface area contributed by atoms with E-state index < -0.39 is 5.97 Å². The predicted molar refractivity (Wildman–Crippen MR) is 64.2 cm³/mol. The average Bonchev–Trinajstić information content (AvgIpc) is 2.27. The number of hydrogen-bond acceptors (Lipinski definition) is 2. The molecule has 1 aliphatic heterocycles. The van der Waals surface area contributed by atoms with Crippen molar-refractivity contribution in [3.05, 3.63) is 29.3 Å². The summed E-state index contributed by atoms with van der Waals surface area (Å²) >= 11 is 0. The van der Waals surface area contributed by atoms with Crippen molar-refractivity contribution in [2.75, 3.05) is 11.4 Å². The molecule has 0 radical (unpaired) electrons. The molecule has 0 atom stereocenters. The Balaban J connectivity index is 2.40. The SMILES string of the molecule is CC(C)N1CCCc2cc(C(=O)O)ccc21. The highest BCUT2D eigenvalue weighted by molar-refractivity contribution is 5.88. The Morgan fingerprint density at radius 3 is 2.81 bits per heavy atom. The maximum absolute atomic E-state index is 10.9. The number of benzene rings is 1. The van der Waals surface area contributed by atoms with Gasteiger partial charge in [-0.1, -0.05) is 0 Å². The fourth-order valence-electron chi connectivity index (χ4n) is 2.30. The Kier molecular flexibility index (Phi) is 2.86. The average molecular weight is 219 g/mol. The van der Waals surface area contributed by atoms with Crippen LogP contribution in [0, 0.1) is 0 Å². The van der Waals surface area contributed by atoms with Crippen molar-refractivity contribution in [1.29, 1.82) is 0 Å². The summed E-state index contributed by atoms with van der Waals surface area (Å²) in [6.07, 6.45) is 2.09. The molecule has 1 heterocycles. The van der Waals surface area contributed by atoms with Crippen molar-refractivity contribution >= 4 is 11.7 Å². The van der Waals surface area contributed by atoms with Gasteiger partial charge in [-0.2, -0.15) is 0 Å². The smallest absolute Gasteiger partial charge is 0.335 e. The number of nitrogens with zero attached hydrogens (tertiary/aromatic N) is 1. The summed E-state index contributed by atoms with van der Waals surface area (Å²) in [7, 11) is 0. The summed E-state index contributed by atoms with van der Waals surface area (Å²) in [5.74, 6) is -0.843. The second kappa shape index (κ2) is 4.16. The molecule has 86 valence electrons. The Labute approximate surface area is 95.7 Å². The molecule has 16 heavy (non-hydrogen) atoms. The summed E-state index contributed by atoms with van der Waals surface area (Å²) in [5, 5.41) is 8.95. The Hall–Kier alpha value is -1.51. The molecule has 0 saturated carbocycles. The Morgan fingerprint density at radius 2 is 2.19 bits per heavy atom. The van der Waals surface area contributed by atoms with E-state index in [1.165, 1.54) is 11.3 Å². The molecule has 0 spiro atoms. The Bertz CT molecular complexity index is 412. The maximum atomic E-state index is 10.9. The molecule has 0 aromatic heterocycles. The second-order valence-corrected chi connectivity index (χ2v) is 4.54. The topological polar surface area (TPSA) is 40.5 Å². The van der Waals surface area contributed by atoms with Crippen molar-refractivity contribution in [2.24, 2.45) is 0 Å². The highest BCUT2D eigenvalue weighted by Gasteiger charge is 2.19. The molecule has 0 aliphatic carbocycles. The largest absolute Gasteiger partial charge is 0.478 e. The van der Waals surface area contributed by atoms with E-state index in [0.717, 1.165) is 19.4 Å². The van der Waals surface area contributed by atoms with Crippen LogP contribution in [0.1, 0.15) is 36.2 Å². The van der Waals surface area contributed by atoms with Gasteiger partial charge in [0.2, 0.25) is 0 Å². The zero-order valence-corrected chi connectivity index (χ0v) is 9.73. The molecule has 0 amide bonds. The van der Waals surface area contributed by atoms with E-state index in [0.29, 0.717) is 11.6 Å². The molecule has 0 fully saturated rings. The first-order valence-corrected chi connectivity index (χ1v) is 5.72. The molecule has 1 aromatic carbocycles. The molecular formula is C13H17NO2. The number of carboxylic acid groups (broad SMARTS) is 1. The highest BCUT2D eigenvalue weighted by atomic mass is 16.4. The van der Waals surface area contributed by atoms with Crippen LogP contribution < -0.4 is 4.90 Å². The minimum absolute atomic E-state index is 0.393. The predicted octanol–water partition coefficient (Wildman–Crippen LogP) is 2.55. The van der Waals surface area contributed by atoms with Crippen molar-refractivity contribution in [1.82, 2.24) is 0 Å². The lowest BCUT2D eigenvalue weighted by atomic mass is 9.98.